The standard InChI is InChI=1S/C22H19N3O3/c26-22(25-10-8-15-3-1-2-4-19(15)25)18-13-17(7-9-23-18)24-16-5-6-20-21(14-16)28-12-11-27-20/h1-7,9,13-14H,8,10-12H2,(H,23,24). The van der Waals surface area contributed by atoms with E-state index in [-0.39, 0.29) is 5.91 Å². The van der Waals surface area contributed by atoms with Crippen molar-refractivity contribution in [1.82, 2.24) is 4.98 Å². The number of nitrogens with zero attached hydrogens (tertiary/aromatic N) is 2. The van der Waals surface area contributed by atoms with Crippen LogP contribution in [0.2, 0.25) is 0 Å². The van der Waals surface area contributed by atoms with Gasteiger partial charge in [-0.15, -0.1) is 0 Å². The van der Waals surface area contributed by atoms with E-state index in [0.29, 0.717) is 25.5 Å². The maximum atomic E-state index is 13.0. The van der Waals surface area contributed by atoms with E-state index in [4.69, 9.17) is 9.47 Å². The lowest BCUT2D eigenvalue weighted by atomic mass is 10.2. The average molecular weight is 373 g/mol. The second-order valence-corrected chi connectivity index (χ2v) is 6.75. The first-order valence-corrected chi connectivity index (χ1v) is 9.30. The average Bonchev–Trinajstić information content (AvgIpc) is 3.17. The van der Waals surface area contributed by atoms with E-state index in [1.54, 1.807) is 17.2 Å². The number of para-hydroxylation sites is 1. The number of rotatable bonds is 3. The highest BCUT2D eigenvalue weighted by Gasteiger charge is 2.26. The van der Waals surface area contributed by atoms with Crippen molar-refractivity contribution in [2.24, 2.45) is 0 Å². The van der Waals surface area contributed by atoms with Crippen LogP contribution >= 0.6 is 0 Å². The molecule has 1 N–H and O–H groups in total. The number of benzene rings is 2. The van der Waals surface area contributed by atoms with Gasteiger partial charge in [-0.05, 0) is 42.3 Å². The van der Waals surface area contributed by atoms with Crippen LogP contribution in [0.4, 0.5) is 17.1 Å². The third kappa shape index (κ3) is 3.03. The number of hydrogen-bond donors (Lipinski definition) is 1. The molecule has 1 aromatic heterocycles. The molecule has 2 aromatic carbocycles. The van der Waals surface area contributed by atoms with Gasteiger partial charge < -0.3 is 19.7 Å². The van der Waals surface area contributed by atoms with E-state index in [0.717, 1.165) is 35.0 Å². The van der Waals surface area contributed by atoms with Crippen molar-refractivity contribution in [3.63, 3.8) is 0 Å². The zero-order valence-electron chi connectivity index (χ0n) is 15.2. The molecule has 2 aliphatic heterocycles. The molecule has 0 radical (unpaired) electrons. The number of carbonyl (C=O) groups excluding carboxylic acids is 1. The van der Waals surface area contributed by atoms with Gasteiger partial charge in [0.05, 0.1) is 0 Å². The van der Waals surface area contributed by atoms with Gasteiger partial charge in [0.25, 0.3) is 5.91 Å². The third-order valence-electron chi connectivity index (χ3n) is 4.94. The molecule has 0 fully saturated rings. The SMILES string of the molecule is O=C(c1cc(Nc2ccc3c(c2)OCCO3)ccn1)N1CCc2ccccc21. The quantitative estimate of drug-likeness (QED) is 0.757. The molecule has 0 saturated carbocycles. The summed E-state index contributed by atoms with van der Waals surface area (Å²) in [6.45, 7) is 1.79. The summed E-state index contributed by atoms with van der Waals surface area (Å²) in [5.41, 5.74) is 4.24. The van der Waals surface area contributed by atoms with Crippen molar-refractivity contribution in [1.29, 1.82) is 0 Å². The first kappa shape index (κ1) is 16.6. The summed E-state index contributed by atoms with van der Waals surface area (Å²) in [4.78, 5) is 19.1. The first-order chi connectivity index (χ1) is 13.8. The van der Waals surface area contributed by atoms with Crippen molar-refractivity contribution in [3.8, 4) is 11.5 Å². The fraction of sp³-hybridized carbons (Fsp3) is 0.182. The fourth-order valence-corrected chi connectivity index (χ4v) is 3.60. The zero-order valence-corrected chi connectivity index (χ0v) is 15.2. The van der Waals surface area contributed by atoms with Crippen LogP contribution in [0.3, 0.4) is 0 Å². The van der Waals surface area contributed by atoms with Crippen molar-refractivity contribution < 1.29 is 14.3 Å². The van der Waals surface area contributed by atoms with Gasteiger partial charge in [-0.25, -0.2) is 0 Å². The van der Waals surface area contributed by atoms with Crippen LogP contribution in [0.15, 0.2) is 60.8 Å². The number of amides is 1. The second-order valence-electron chi connectivity index (χ2n) is 6.75. The number of anilines is 3. The number of pyridine rings is 1. The molecule has 2 aliphatic rings. The Morgan fingerprint density at radius 1 is 0.964 bits per heavy atom. The van der Waals surface area contributed by atoms with Crippen LogP contribution < -0.4 is 19.7 Å². The highest BCUT2D eigenvalue weighted by atomic mass is 16.6. The number of carbonyl (C=O) groups is 1. The highest BCUT2D eigenvalue weighted by molar-refractivity contribution is 6.06. The van der Waals surface area contributed by atoms with Gasteiger partial charge in [0.1, 0.15) is 18.9 Å². The van der Waals surface area contributed by atoms with Crippen LogP contribution in [0.5, 0.6) is 11.5 Å². The number of aromatic nitrogens is 1. The molecule has 140 valence electrons. The smallest absolute Gasteiger partial charge is 0.276 e. The fourth-order valence-electron chi connectivity index (χ4n) is 3.60. The summed E-state index contributed by atoms with van der Waals surface area (Å²) in [5, 5.41) is 3.31. The number of ether oxygens (including phenoxy) is 2. The van der Waals surface area contributed by atoms with Crippen LogP contribution in [0, 0.1) is 0 Å². The lowest BCUT2D eigenvalue weighted by molar-refractivity contribution is 0.0984. The van der Waals surface area contributed by atoms with Crippen molar-refractivity contribution >= 4 is 23.0 Å². The summed E-state index contributed by atoms with van der Waals surface area (Å²) >= 11 is 0. The molecule has 6 nitrogen and oxygen atoms in total. The number of fused-ring (bicyclic) bond motifs is 2. The van der Waals surface area contributed by atoms with E-state index in [1.165, 1.54) is 5.56 Å². The summed E-state index contributed by atoms with van der Waals surface area (Å²) < 4.78 is 11.2. The van der Waals surface area contributed by atoms with E-state index in [2.05, 4.69) is 16.4 Å². The number of hydrogen-bond acceptors (Lipinski definition) is 5. The molecule has 6 heteroatoms. The van der Waals surface area contributed by atoms with E-state index in [9.17, 15) is 4.79 Å². The Balaban J connectivity index is 1.37. The lowest BCUT2D eigenvalue weighted by Gasteiger charge is -2.19. The predicted octanol–water partition coefficient (Wildman–Crippen LogP) is 3.80. The van der Waals surface area contributed by atoms with Crippen molar-refractivity contribution in [2.45, 2.75) is 6.42 Å². The maximum Gasteiger partial charge on any atom is 0.276 e. The molecule has 1 amide bonds. The molecular weight excluding hydrogens is 354 g/mol. The number of nitrogens with one attached hydrogen (secondary N) is 1. The zero-order chi connectivity index (χ0) is 18.9. The summed E-state index contributed by atoms with van der Waals surface area (Å²) in [7, 11) is 0. The Labute approximate surface area is 162 Å². The van der Waals surface area contributed by atoms with Crippen LogP contribution in [-0.4, -0.2) is 30.6 Å². The van der Waals surface area contributed by atoms with Gasteiger partial charge in [-0.1, -0.05) is 18.2 Å². The van der Waals surface area contributed by atoms with Gasteiger partial charge in [-0.2, -0.15) is 0 Å². The molecule has 28 heavy (non-hydrogen) atoms. The minimum atomic E-state index is -0.0872. The molecule has 3 heterocycles. The van der Waals surface area contributed by atoms with Gasteiger partial charge >= 0.3 is 0 Å². The minimum Gasteiger partial charge on any atom is -0.486 e. The van der Waals surface area contributed by atoms with Crippen LogP contribution in [-0.2, 0) is 6.42 Å². The molecule has 0 saturated heterocycles. The second kappa shape index (κ2) is 6.88. The molecule has 0 atom stereocenters. The van der Waals surface area contributed by atoms with E-state index >= 15 is 0 Å². The maximum absolute atomic E-state index is 13.0. The molecule has 5 rings (SSSR count). The van der Waals surface area contributed by atoms with Crippen molar-refractivity contribution in [2.75, 3.05) is 30.0 Å². The van der Waals surface area contributed by atoms with E-state index in [1.807, 2.05) is 42.5 Å². The molecule has 3 aromatic rings. The van der Waals surface area contributed by atoms with Crippen LogP contribution in [0.25, 0.3) is 0 Å². The Kier molecular flexibility index (Phi) is 4.09. The molecule has 0 unspecified atom stereocenters. The molecule has 0 aliphatic carbocycles. The summed E-state index contributed by atoms with van der Waals surface area (Å²) in [6.07, 6.45) is 2.52. The Bertz CT molecular complexity index is 1050. The minimum absolute atomic E-state index is 0.0872. The summed E-state index contributed by atoms with van der Waals surface area (Å²) in [6, 6.07) is 17.3. The highest BCUT2D eigenvalue weighted by Crippen LogP contribution is 2.34. The van der Waals surface area contributed by atoms with Gasteiger partial charge in [0.15, 0.2) is 11.5 Å². The monoisotopic (exact) mass is 373 g/mol. The first-order valence-electron chi connectivity index (χ1n) is 9.30. The van der Waals surface area contributed by atoms with Crippen molar-refractivity contribution in [3.05, 3.63) is 72.1 Å². The Morgan fingerprint density at radius 2 is 1.79 bits per heavy atom. The van der Waals surface area contributed by atoms with Gasteiger partial charge in [0.2, 0.25) is 0 Å². The molecule has 0 spiro atoms. The predicted molar refractivity (Wildman–Crippen MR) is 107 cm³/mol. The van der Waals surface area contributed by atoms with Gasteiger partial charge in [-0.3, -0.25) is 9.78 Å². The topological polar surface area (TPSA) is 63.7 Å². The Morgan fingerprint density at radius 3 is 2.71 bits per heavy atom. The Hall–Kier alpha value is -3.54. The molecular formula is C22H19N3O3. The third-order valence-corrected chi connectivity index (χ3v) is 4.94. The lowest BCUT2D eigenvalue weighted by Crippen LogP contribution is -2.29. The molecule has 0 bridgehead atoms. The van der Waals surface area contributed by atoms with Crippen LogP contribution in [0.1, 0.15) is 16.1 Å². The van der Waals surface area contributed by atoms with E-state index < -0.39 is 0 Å². The largest absolute Gasteiger partial charge is 0.486 e. The normalized spacial score (nSPS) is 14.5. The van der Waals surface area contributed by atoms with Gasteiger partial charge in [0, 0.05) is 35.9 Å². The summed E-state index contributed by atoms with van der Waals surface area (Å²) in [5.74, 6) is 1.38.